The Hall–Kier alpha value is -2.63. The van der Waals surface area contributed by atoms with E-state index in [9.17, 15) is 4.79 Å². The van der Waals surface area contributed by atoms with E-state index in [4.69, 9.17) is 10.00 Å². The van der Waals surface area contributed by atoms with Gasteiger partial charge in [0.15, 0.2) is 5.13 Å². The molecule has 1 N–H and O–H groups in total. The van der Waals surface area contributed by atoms with Gasteiger partial charge in [-0.2, -0.15) is 5.26 Å². The number of carbonyl (C=O) groups is 1. The Labute approximate surface area is 159 Å². The lowest BCUT2D eigenvalue weighted by atomic mass is 10.3. The fraction of sp³-hybridized carbons (Fsp3) is 0.222. The average Bonchev–Trinajstić information content (AvgIpc) is 3.03. The van der Waals surface area contributed by atoms with E-state index in [1.54, 1.807) is 19.2 Å². The highest BCUT2D eigenvalue weighted by Gasteiger charge is 2.10. The number of hydrogen-bond acceptors (Lipinski definition) is 7. The fourth-order valence-electron chi connectivity index (χ4n) is 2.24. The molecule has 0 aliphatic carbocycles. The zero-order chi connectivity index (χ0) is 18.5. The molecule has 26 heavy (non-hydrogen) atoms. The van der Waals surface area contributed by atoms with Gasteiger partial charge < -0.3 is 10.1 Å². The van der Waals surface area contributed by atoms with E-state index < -0.39 is 0 Å². The van der Waals surface area contributed by atoms with Crippen molar-refractivity contribution in [1.82, 2.24) is 9.97 Å². The van der Waals surface area contributed by atoms with E-state index in [1.807, 2.05) is 25.1 Å². The van der Waals surface area contributed by atoms with Crippen LogP contribution in [0.5, 0.6) is 5.75 Å². The number of rotatable bonds is 6. The van der Waals surface area contributed by atoms with Crippen LogP contribution < -0.4 is 10.1 Å². The van der Waals surface area contributed by atoms with E-state index in [0.717, 1.165) is 21.7 Å². The third-order valence-corrected chi connectivity index (χ3v) is 5.46. The number of benzene rings is 1. The number of ether oxygens (including phenoxy) is 1. The molecule has 0 fully saturated rings. The molecule has 0 unspecified atom stereocenters. The van der Waals surface area contributed by atoms with Gasteiger partial charge >= 0.3 is 0 Å². The second kappa shape index (κ2) is 8.17. The first-order chi connectivity index (χ1) is 12.6. The average molecular weight is 384 g/mol. The van der Waals surface area contributed by atoms with Crippen LogP contribution in [0.2, 0.25) is 0 Å². The second-order valence-electron chi connectivity index (χ2n) is 5.42. The van der Waals surface area contributed by atoms with Crippen molar-refractivity contribution < 1.29 is 9.53 Å². The summed E-state index contributed by atoms with van der Waals surface area (Å²) in [6.07, 6.45) is 0.310. The number of anilines is 1. The number of thioether (sulfide) groups is 1. The van der Waals surface area contributed by atoms with Crippen LogP contribution in [-0.4, -0.2) is 28.7 Å². The molecule has 0 spiro atoms. The first-order valence-electron chi connectivity index (χ1n) is 7.84. The number of nitriles is 1. The molecule has 1 amide bonds. The zero-order valence-electron chi connectivity index (χ0n) is 14.3. The number of aromatic nitrogens is 2. The monoisotopic (exact) mass is 384 g/mol. The molecule has 0 saturated heterocycles. The summed E-state index contributed by atoms with van der Waals surface area (Å²) < 4.78 is 6.15. The Kier molecular flexibility index (Phi) is 5.71. The van der Waals surface area contributed by atoms with Gasteiger partial charge in [-0.3, -0.25) is 4.79 Å². The number of thiazole rings is 1. The lowest BCUT2D eigenvalue weighted by Gasteiger charge is -2.04. The molecule has 0 bridgehead atoms. The van der Waals surface area contributed by atoms with Gasteiger partial charge in [0, 0.05) is 17.9 Å². The van der Waals surface area contributed by atoms with Gasteiger partial charge in [-0.25, -0.2) is 9.97 Å². The summed E-state index contributed by atoms with van der Waals surface area (Å²) in [4.78, 5) is 20.9. The minimum absolute atomic E-state index is 0.116. The highest BCUT2D eigenvalue weighted by Crippen LogP contribution is 2.29. The van der Waals surface area contributed by atoms with Crippen LogP contribution in [-0.2, 0) is 4.79 Å². The molecule has 1 aromatic carbocycles. The van der Waals surface area contributed by atoms with Crippen molar-refractivity contribution in [3.63, 3.8) is 0 Å². The largest absolute Gasteiger partial charge is 0.497 e. The summed E-state index contributed by atoms with van der Waals surface area (Å²) in [7, 11) is 1.61. The number of nitrogens with one attached hydrogen (secondary N) is 1. The van der Waals surface area contributed by atoms with Crippen molar-refractivity contribution in [3.05, 3.63) is 41.6 Å². The number of nitrogens with zero attached hydrogens (tertiary/aromatic N) is 3. The number of amides is 1. The molecule has 132 valence electrons. The third-order valence-electron chi connectivity index (χ3n) is 3.53. The van der Waals surface area contributed by atoms with Gasteiger partial charge in [-0.15, -0.1) is 11.8 Å². The number of methoxy groups -OCH3 is 1. The number of aryl methyl sites for hydroxylation is 1. The topological polar surface area (TPSA) is 87.9 Å². The van der Waals surface area contributed by atoms with Crippen LogP contribution in [0.3, 0.4) is 0 Å². The minimum Gasteiger partial charge on any atom is -0.497 e. The van der Waals surface area contributed by atoms with Gasteiger partial charge in [0.1, 0.15) is 16.8 Å². The second-order valence-corrected chi connectivity index (χ2v) is 7.53. The first kappa shape index (κ1) is 18.2. The van der Waals surface area contributed by atoms with Crippen LogP contribution in [0.25, 0.3) is 10.2 Å². The maximum Gasteiger partial charge on any atom is 0.226 e. The SMILES string of the molecule is COc1ccc2nc(NC(=O)CCSc3nc(C)ccc3C#N)sc2c1. The van der Waals surface area contributed by atoms with Crippen molar-refractivity contribution in [2.24, 2.45) is 0 Å². The zero-order valence-corrected chi connectivity index (χ0v) is 15.9. The molecule has 3 rings (SSSR count). The highest BCUT2D eigenvalue weighted by atomic mass is 32.2. The summed E-state index contributed by atoms with van der Waals surface area (Å²) >= 11 is 2.81. The summed E-state index contributed by atoms with van der Waals surface area (Å²) in [5.41, 5.74) is 2.20. The van der Waals surface area contributed by atoms with Crippen molar-refractivity contribution in [2.45, 2.75) is 18.4 Å². The molecule has 3 aromatic rings. The normalized spacial score (nSPS) is 10.5. The predicted molar refractivity (Wildman–Crippen MR) is 104 cm³/mol. The van der Waals surface area contributed by atoms with Crippen molar-refractivity contribution in [1.29, 1.82) is 5.26 Å². The lowest BCUT2D eigenvalue weighted by molar-refractivity contribution is -0.115. The van der Waals surface area contributed by atoms with Crippen LogP contribution in [0, 0.1) is 18.3 Å². The van der Waals surface area contributed by atoms with E-state index >= 15 is 0 Å². The lowest BCUT2D eigenvalue weighted by Crippen LogP contribution is -2.12. The van der Waals surface area contributed by atoms with Crippen LogP contribution in [0.15, 0.2) is 35.4 Å². The summed E-state index contributed by atoms with van der Waals surface area (Å²) in [5, 5.41) is 13.2. The number of fused-ring (bicyclic) bond motifs is 1. The maximum absolute atomic E-state index is 12.2. The molecule has 0 aliphatic heterocycles. The van der Waals surface area contributed by atoms with E-state index in [1.165, 1.54) is 23.1 Å². The van der Waals surface area contributed by atoms with Crippen LogP contribution >= 0.6 is 23.1 Å². The Bertz CT molecular complexity index is 995. The molecule has 2 aromatic heterocycles. The number of pyridine rings is 1. The molecule has 0 atom stereocenters. The Morgan fingerprint density at radius 1 is 1.35 bits per heavy atom. The quantitative estimate of drug-likeness (QED) is 0.646. The first-order valence-corrected chi connectivity index (χ1v) is 9.64. The minimum atomic E-state index is -0.116. The molecule has 8 heteroatoms. The van der Waals surface area contributed by atoms with Gasteiger partial charge in [0.05, 0.1) is 22.9 Å². The highest BCUT2D eigenvalue weighted by molar-refractivity contribution is 7.99. The summed E-state index contributed by atoms with van der Waals surface area (Å²) in [6, 6.07) is 11.3. The molecular weight excluding hydrogens is 368 g/mol. The predicted octanol–water partition coefficient (Wildman–Crippen LogP) is 4.00. The molecular formula is C18H16N4O2S2. The van der Waals surface area contributed by atoms with Gasteiger partial charge in [0.25, 0.3) is 0 Å². The van der Waals surface area contributed by atoms with E-state index in [0.29, 0.717) is 27.9 Å². The van der Waals surface area contributed by atoms with E-state index in [2.05, 4.69) is 21.4 Å². The standard InChI is InChI=1S/C18H16N4O2S2/c1-11-3-4-12(10-19)17(20-11)25-8-7-16(23)22-18-21-14-6-5-13(24-2)9-15(14)26-18/h3-6,9H,7-8H2,1-2H3,(H,21,22,23). The Balaban J connectivity index is 1.58. The number of carbonyl (C=O) groups excluding carboxylic acids is 1. The van der Waals surface area contributed by atoms with Crippen molar-refractivity contribution >= 4 is 44.4 Å². The fourth-order valence-corrected chi connectivity index (χ4v) is 4.10. The van der Waals surface area contributed by atoms with Crippen molar-refractivity contribution in [3.8, 4) is 11.8 Å². The van der Waals surface area contributed by atoms with Crippen molar-refractivity contribution in [2.75, 3.05) is 18.2 Å². The number of hydrogen-bond donors (Lipinski definition) is 1. The molecule has 0 saturated carbocycles. The van der Waals surface area contributed by atoms with E-state index in [-0.39, 0.29) is 5.91 Å². The third kappa shape index (κ3) is 4.31. The smallest absolute Gasteiger partial charge is 0.226 e. The molecule has 2 heterocycles. The summed E-state index contributed by atoms with van der Waals surface area (Å²) in [5.74, 6) is 1.18. The van der Waals surface area contributed by atoms with Gasteiger partial charge in [0.2, 0.25) is 5.91 Å². The molecule has 0 aliphatic rings. The van der Waals surface area contributed by atoms with Crippen LogP contribution in [0.1, 0.15) is 17.7 Å². The van der Waals surface area contributed by atoms with Gasteiger partial charge in [-0.05, 0) is 37.3 Å². The Morgan fingerprint density at radius 3 is 2.96 bits per heavy atom. The van der Waals surface area contributed by atoms with Crippen LogP contribution in [0.4, 0.5) is 5.13 Å². The van der Waals surface area contributed by atoms with Gasteiger partial charge in [-0.1, -0.05) is 11.3 Å². The Morgan fingerprint density at radius 2 is 2.19 bits per heavy atom. The summed E-state index contributed by atoms with van der Waals surface area (Å²) in [6.45, 7) is 1.88. The molecule has 0 radical (unpaired) electrons. The maximum atomic E-state index is 12.2. The molecule has 6 nitrogen and oxygen atoms in total.